The normalized spacial score (nSPS) is 15.0. The van der Waals surface area contributed by atoms with Gasteiger partial charge in [0.05, 0.1) is 32.1 Å². The van der Waals surface area contributed by atoms with Crippen molar-refractivity contribution < 1.29 is 32.2 Å². The zero-order chi connectivity index (χ0) is 20.9. The van der Waals surface area contributed by atoms with Gasteiger partial charge in [0.1, 0.15) is 17.3 Å². The van der Waals surface area contributed by atoms with Crippen molar-refractivity contribution in [2.45, 2.75) is 18.7 Å². The number of ether oxygens (including phenoxy) is 3. The number of methoxy groups -OCH3 is 2. The molecule has 0 atom stereocenters. The summed E-state index contributed by atoms with van der Waals surface area (Å²) < 4.78 is 42.5. The van der Waals surface area contributed by atoms with E-state index in [1.54, 1.807) is 32.0 Å². The Labute approximate surface area is 164 Å². The van der Waals surface area contributed by atoms with Crippen LogP contribution in [0.4, 0.5) is 5.69 Å². The number of benzene rings is 1. The van der Waals surface area contributed by atoms with E-state index in [1.807, 2.05) is 0 Å². The molecule has 2 rings (SSSR count). The maximum absolute atomic E-state index is 13.1. The molecular weight excluding hydrogens is 388 g/mol. The molecule has 0 spiro atoms. The molecule has 0 aromatic heterocycles. The number of esters is 2. The number of carbonyl (C=O) groups is 2. The van der Waals surface area contributed by atoms with E-state index in [9.17, 15) is 18.0 Å². The van der Waals surface area contributed by atoms with Gasteiger partial charge >= 0.3 is 11.9 Å². The van der Waals surface area contributed by atoms with E-state index in [0.717, 1.165) is 0 Å². The SMILES string of the molecule is CCN(CC)S(=O)(=O)c1ccccc1N1COCC(C(=O)OC)=C1C(=O)OC. The number of hydrogen-bond donors (Lipinski definition) is 0. The summed E-state index contributed by atoms with van der Waals surface area (Å²) in [5, 5.41) is 0. The van der Waals surface area contributed by atoms with Gasteiger partial charge in [-0.2, -0.15) is 4.31 Å². The van der Waals surface area contributed by atoms with Crippen LogP contribution in [0.2, 0.25) is 0 Å². The summed E-state index contributed by atoms with van der Waals surface area (Å²) in [5.74, 6) is -1.55. The molecule has 0 fully saturated rings. The smallest absolute Gasteiger partial charge is 0.355 e. The molecule has 9 nitrogen and oxygen atoms in total. The average Bonchev–Trinajstić information content (AvgIpc) is 2.72. The molecule has 1 aromatic rings. The van der Waals surface area contributed by atoms with Gasteiger partial charge in [0.2, 0.25) is 10.0 Å². The van der Waals surface area contributed by atoms with Crippen LogP contribution < -0.4 is 4.90 Å². The Hall–Kier alpha value is -2.43. The van der Waals surface area contributed by atoms with Crippen molar-refractivity contribution in [1.82, 2.24) is 4.31 Å². The lowest BCUT2D eigenvalue weighted by atomic mass is 10.1. The van der Waals surface area contributed by atoms with Gasteiger partial charge in [-0.1, -0.05) is 26.0 Å². The molecule has 10 heteroatoms. The minimum absolute atomic E-state index is 0.00480. The van der Waals surface area contributed by atoms with Crippen molar-refractivity contribution in [3.63, 3.8) is 0 Å². The second-order valence-electron chi connectivity index (χ2n) is 5.77. The third-order valence-electron chi connectivity index (χ3n) is 4.31. The molecule has 0 amide bonds. The first-order valence-electron chi connectivity index (χ1n) is 8.67. The van der Waals surface area contributed by atoms with Crippen LogP contribution in [0.3, 0.4) is 0 Å². The lowest BCUT2D eigenvalue weighted by molar-refractivity contribution is -0.140. The second-order valence-corrected chi connectivity index (χ2v) is 7.68. The maximum atomic E-state index is 13.1. The standard InChI is InChI=1S/C18H24N2O7S/c1-5-19(6-2)28(23,24)15-10-8-7-9-14(15)20-12-27-11-13(17(21)25-3)16(20)18(22)26-4/h7-10H,5-6,11-12H2,1-4H3. The summed E-state index contributed by atoms with van der Waals surface area (Å²) in [6, 6.07) is 6.22. The van der Waals surface area contributed by atoms with Crippen LogP contribution in [0.15, 0.2) is 40.4 Å². The average molecular weight is 412 g/mol. The Morgan fingerprint density at radius 3 is 2.29 bits per heavy atom. The summed E-state index contributed by atoms with van der Waals surface area (Å²) >= 11 is 0. The van der Waals surface area contributed by atoms with E-state index in [0.29, 0.717) is 0 Å². The lowest BCUT2D eigenvalue weighted by Gasteiger charge is -2.33. The lowest BCUT2D eigenvalue weighted by Crippen LogP contribution is -2.40. The summed E-state index contributed by atoms with van der Waals surface area (Å²) in [6.45, 7) is 3.77. The Balaban J connectivity index is 2.70. The number of nitrogens with zero attached hydrogens (tertiary/aromatic N) is 2. The molecule has 1 aliphatic heterocycles. The number of para-hydroxylation sites is 1. The molecule has 154 valence electrons. The quantitative estimate of drug-likeness (QED) is 0.614. The molecule has 0 unspecified atom stereocenters. The topological polar surface area (TPSA) is 102 Å². The van der Waals surface area contributed by atoms with E-state index in [1.165, 1.54) is 29.5 Å². The van der Waals surface area contributed by atoms with Crippen molar-refractivity contribution in [2.24, 2.45) is 0 Å². The number of hydrogen-bond acceptors (Lipinski definition) is 8. The summed E-state index contributed by atoms with van der Waals surface area (Å²) in [5.41, 5.74) is 0.0503. The maximum Gasteiger partial charge on any atom is 0.355 e. The summed E-state index contributed by atoms with van der Waals surface area (Å²) in [7, 11) is -1.48. The minimum Gasteiger partial charge on any atom is -0.466 e. The fourth-order valence-corrected chi connectivity index (χ4v) is 4.59. The van der Waals surface area contributed by atoms with Crippen molar-refractivity contribution in [2.75, 3.05) is 45.5 Å². The highest BCUT2D eigenvalue weighted by Crippen LogP contribution is 2.33. The number of rotatable bonds is 7. The number of sulfonamides is 1. The molecular formula is C18H24N2O7S. The van der Waals surface area contributed by atoms with Gasteiger partial charge < -0.3 is 19.1 Å². The monoisotopic (exact) mass is 412 g/mol. The van der Waals surface area contributed by atoms with Gasteiger partial charge in [0, 0.05) is 13.1 Å². The molecule has 0 aliphatic carbocycles. The van der Waals surface area contributed by atoms with E-state index in [2.05, 4.69) is 0 Å². The molecule has 0 saturated heterocycles. The number of carbonyl (C=O) groups excluding carboxylic acids is 2. The van der Waals surface area contributed by atoms with E-state index in [-0.39, 0.29) is 48.3 Å². The first-order valence-corrected chi connectivity index (χ1v) is 10.1. The van der Waals surface area contributed by atoms with Crippen LogP contribution in [-0.4, -0.2) is 65.3 Å². The molecule has 0 N–H and O–H groups in total. The van der Waals surface area contributed by atoms with Gasteiger partial charge in [0.15, 0.2) is 0 Å². The Morgan fingerprint density at radius 2 is 1.71 bits per heavy atom. The largest absolute Gasteiger partial charge is 0.466 e. The van der Waals surface area contributed by atoms with Crippen LogP contribution in [0.1, 0.15) is 13.8 Å². The highest BCUT2D eigenvalue weighted by Gasteiger charge is 2.35. The van der Waals surface area contributed by atoms with Crippen LogP contribution in [-0.2, 0) is 33.8 Å². The molecule has 1 aliphatic rings. The van der Waals surface area contributed by atoms with Crippen molar-refractivity contribution in [3.05, 3.63) is 35.5 Å². The molecule has 0 bridgehead atoms. The highest BCUT2D eigenvalue weighted by atomic mass is 32.2. The first kappa shape index (κ1) is 21.9. The first-order chi connectivity index (χ1) is 13.3. The Kier molecular flexibility index (Phi) is 7.17. The highest BCUT2D eigenvalue weighted by molar-refractivity contribution is 7.89. The predicted octanol–water partition coefficient (Wildman–Crippen LogP) is 1.11. The fraction of sp³-hybridized carbons (Fsp3) is 0.444. The zero-order valence-corrected chi connectivity index (χ0v) is 17.1. The fourth-order valence-electron chi connectivity index (χ4n) is 2.93. The number of anilines is 1. The third kappa shape index (κ3) is 4.03. The van der Waals surface area contributed by atoms with Crippen LogP contribution in [0.5, 0.6) is 0 Å². The van der Waals surface area contributed by atoms with Gasteiger partial charge in [-0.15, -0.1) is 0 Å². The van der Waals surface area contributed by atoms with Gasteiger partial charge in [-0.05, 0) is 12.1 Å². The second kappa shape index (κ2) is 9.18. The van der Waals surface area contributed by atoms with E-state index in [4.69, 9.17) is 14.2 Å². The van der Waals surface area contributed by atoms with E-state index >= 15 is 0 Å². The summed E-state index contributed by atoms with van der Waals surface area (Å²) in [4.78, 5) is 25.9. The van der Waals surface area contributed by atoms with Crippen LogP contribution in [0.25, 0.3) is 0 Å². The minimum atomic E-state index is -3.84. The van der Waals surface area contributed by atoms with Gasteiger partial charge in [-0.3, -0.25) is 0 Å². The van der Waals surface area contributed by atoms with Crippen LogP contribution in [0, 0.1) is 0 Å². The van der Waals surface area contributed by atoms with Crippen molar-refractivity contribution >= 4 is 27.6 Å². The van der Waals surface area contributed by atoms with Gasteiger partial charge in [0.25, 0.3) is 0 Å². The summed E-state index contributed by atoms with van der Waals surface area (Å²) in [6.07, 6.45) is 0. The predicted molar refractivity (Wildman–Crippen MR) is 101 cm³/mol. The van der Waals surface area contributed by atoms with Crippen molar-refractivity contribution in [3.8, 4) is 0 Å². The molecule has 0 radical (unpaired) electrons. The van der Waals surface area contributed by atoms with Gasteiger partial charge in [-0.25, -0.2) is 18.0 Å². The molecule has 1 heterocycles. The molecule has 0 saturated carbocycles. The molecule has 1 aromatic carbocycles. The zero-order valence-electron chi connectivity index (χ0n) is 16.3. The van der Waals surface area contributed by atoms with E-state index < -0.39 is 22.0 Å². The Morgan fingerprint density at radius 1 is 1.11 bits per heavy atom. The van der Waals surface area contributed by atoms with Crippen LogP contribution >= 0.6 is 0 Å². The molecule has 28 heavy (non-hydrogen) atoms. The third-order valence-corrected chi connectivity index (χ3v) is 6.41. The van der Waals surface area contributed by atoms with Crippen molar-refractivity contribution in [1.29, 1.82) is 0 Å². The Bertz CT molecular complexity index is 876.